The molecule has 0 spiro atoms. The van der Waals surface area contributed by atoms with Crippen molar-refractivity contribution in [1.29, 1.82) is 0 Å². The summed E-state index contributed by atoms with van der Waals surface area (Å²) in [5.41, 5.74) is 1.04. The van der Waals surface area contributed by atoms with Crippen LogP contribution in [-0.2, 0) is 20.8 Å². The van der Waals surface area contributed by atoms with E-state index in [9.17, 15) is 19.5 Å². The predicted molar refractivity (Wildman–Crippen MR) is 89.9 cm³/mol. The average molecular weight is 347 g/mol. The van der Waals surface area contributed by atoms with E-state index in [4.69, 9.17) is 5.11 Å². The number of amides is 1. The lowest BCUT2D eigenvalue weighted by Crippen LogP contribution is -2.98. The number of carboxylic acids is 2. The summed E-state index contributed by atoms with van der Waals surface area (Å²) >= 11 is 0. The van der Waals surface area contributed by atoms with Gasteiger partial charge in [-0.1, -0.05) is 42.5 Å². The first-order chi connectivity index (χ1) is 11.9. The number of benzene rings is 1. The maximum Gasteiger partial charge on any atom is 0.362 e. The molecule has 0 saturated heterocycles. The summed E-state index contributed by atoms with van der Waals surface area (Å²) in [5.74, 6) is -2.44. The SMILES string of the molecule is C[C@H]([NH2+][C@@H](CCc1ccccc1)C(=O)O)C(=O)N1CC=C[C@H]1C(=O)O. The van der Waals surface area contributed by atoms with Gasteiger partial charge in [-0.05, 0) is 18.9 Å². The van der Waals surface area contributed by atoms with Crippen LogP contribution in [0.5, 0.6) is 0 Å². The summed E-state index contributed by atoms with van der Waals surface area (Å²) < 4.78 is 0. The number of hydrogen-bond donors (Lipinski definition) is 3. The highest BCUT2D eigenvalue weighted by Crippen LogP contribution is 2.11. The monoisotopic (exact) mass is 347 g/mol. The molecule has 0 aliphatic carbocycles. The van der Waals surface area contributed by atoms with Crippen molar-refractivity contribution in [3.05, 3.63) is 48.0 Å². The van der Waals surface area contributed by atoms with Gasteiger partial charge in [-0.2, -0.15) is 0 Å². The smallest absolute Gasteiger partial charge is 0.362 e. The third kappa shape index (κ3) is 4.90. The Morgan fingerprint density at radius 1 is 1.24 bits per heavy atom. The van der Waals surface area contributed by atoms with E-state index < -0.39 is 30.1 Å². The van der Waals surface area contributed by atoms with Crippen LogP contribution in [0.3, 0.4) is 0 Å². The molecule has 1 aliphatic heterocycles. The highest BCUT2D eigenvalue weighted by molar-refractivity contribution is 5.88. The minimum Gasteiger partial charge on any atom is -0.479 e. The lowest BCUT2D eigenvalue weighted by atomic mass is 10.0. The summed E-state index contributed by atoms with van der Waals surface area (Å²) in [6, 6.07) is 7.14. The standard InChI is InChI=1S/C18H22N2O5/c1-12(16(21)20-11-5-8-15(20)18(24)25)19-14(17(22)23)10-9-13-6-3-2-4-7-13/h2-8,12,14-15,19H,9-11H2,1H3,(H,22,23)(H,24,25)/p+1/t12-,14-,15-/m0/s1. The van der Waals surface area contributed by atoms with Gasteiger partial charge in [-0.25, -0.2) is 9.59 Å². The molecule has 134 valence electrons. The van der Waals surface area contributed by atoms with Crippen LogP contribution in [0, 0.1) is 0 Å². The van der Waals surface area contributed by atoms with Crippen molar-refractivity contribution < 1.29 is 29.9 Å². The van der Waals surface area contributed by atoms with Crippen LogP contribution in [0.25, 0.3) is 0 Å². The molecule has 0 radical (unpaired) electrons. The first-order valence-electron chi connectivity index (χ1n) is 8.22. The summed E-state index contributed by atoms with van der Waals surface area (Å²) in [6.07, 6.45) is 4.08. The second kappa shape index (κ2) is 8.43. The number of quaternary nitrogens is 1. The van der Waals surface area contributed by atoms with Crippen molar-refractivity contribution in [2.75, 3.05) is 6.54 Å². The Bertz CT molecular complexity index is 659. The molecule has 25 heavy (non-hydrogen) atoms. The van der Waals surface area contributed by atoms with Gasteiger partial charge in [-0.15, -0.1) is 0 Å². The molecule has 1 aromatic rings. The number of aliphatic carboxylic acids is 2. The lowest BCUT2D eigenvalue weighted by molar-refractivity contribution is -0.697. The van der Waals surface area contributed by atoms with Crippen LogP contribution in [0.15, 0.2) is 42.5 Å². The van der Waals surface area contributed by atoms with Gasteiger partial charge in [0.1, 0.15) is 6.04 Å². The summed E-state index contributed by atoms with van der Waals surface area (Å²) in [5, 5.41) is 20.1. The van der Waals surface area contributed by atoms with Gasteiger partial charge in [0.05, 0.1) is 0 Å². The van der Waals surface area contributed by atoms with Crippen LogP contribution < -0.4 is 5.32 Å². The van der Waals surface area contributed by atoms with Crippen molar-refractivity contribution in [2.45, 2.75) is 37.9 Å². The Balaban J connectivity index is 1.95. The number of carboxylic acid groups (broad SMARTS) is 2. The lowest BCUT2D eigenvalue weighted by Gasteiger charge is -2.25. The Hall–Kier alpha value is -2.67. The highest BCUT2D eigenvalue weighted by atomic mass is 16.4. The van der Waals surface area contributed by atoms with Gasteiger partial charge in [0.2, 0.25) is 0 Å². The minimum atomic E-state index is -1.09. The molecule has 1 aromatic carbocycles. The van der Waals surface area contributed by atoms with Gasteiger partial charge < -0.3 is 20.4 Å². The first kappa shape index (κ1) is 18.7. The van der Waals surface area contributed by atoms with Gasteiger partial charge in [-0.3, -0.25) is 4.79 Å². The quantitative estimate of drug-likeness (QED) is 0.568. The van der Waals surface area contributed by atoms with Crippen LogP contribution in [0.2, 0.25) is 0 Å². The summed E-state index contributed by atoms with van der Waals surface area (Å²) in [4.78, 5) is 36.4. The Labute approximate surface area is 145 Å². The molecule has 0 fully saturated rings. The molecule has 1 amide bonds. The predicted octanol–water partition coefficient (Wildman–Crippen LogP) is -0.124. The molecule has 0 unspecified atom stereocenters. The van der Waals surface area contributed by atoms with E-state index in [0.717, 1.165) is 5.56 Å². The average Bonchev–Trinajstić information content (AvgIpc) is 3.08. The fraction of sp³-hybridized carbons (Fsp3) is 0.389. The van der Waals surface area contributed by atoms with Gasteiger partial charge in [0.15, 0.2) is 12.1 Å². The van der Waals surface area contributed by atoms with E-state index >= 15 is 0 Å². The first-order valence-corrected chi connectivity index (χ1v) is 8.22. The maximum absolute atomic E-state index is 12.5. The second-order valence-electron chi connectivity index (χ2n) is 6.15. The zero-order chi connectivity index (χ0) is 18.4. The normalized spacial score (nSPS) is 18.8. The zero-order valence-electron chi connectivity index (χ0n) is 14.0. The van der Waals surface area contributed by atoms with Crippen LogP contribution in [-0.4, -0.2) is 57.6 Å². The van der Waals surface area contributed by atoms with E-state index in [2.05, 4.69) is 0 Å². The van der Waals surface area contributed by atoms with Crippen molar-refractivity contribution in [3.63, 3.8) is 0 Å². The van der Waals surface area contributed by atoms with Crippen molar-refractivity contribution in [2.24, 2.45) is 0 Å². The van der Waals surface area contributed by atoms with Gasteiger partial charge >= 0.3 is 11.9 Å². The molecular formula is C18H23N2O5+. The number of hydrogen-bond acceptors (Lipinski definition) is 3. The third-order valence-electron chi connectivity index (χ3n) is 4.31. The number of nitrogens with zero attached hydrogens (tertiary/aromatic N) is 1. The molecule has 0 saturated carbocycles. The largest absolute Gasteiger partial charge is 0.479 e. The maximum atomic E-state index is 12.5. The van der Waals surface area contributed by atoms with Gasteiger partial charge in [0, 0.05) is 13.0 Å². The van der Waals surface area contributed by atoms with E-state index in [1.165, 1.54) is 16.3 Å². The van der Waals surface area contributed by atoms with E-state index in [-0.39, 0.29) is 12.5 Å². The molecule has 0 aromatic heterocycles. The molecular weight excluding hydrogens is 324 g/mol. The summed E-state index contributed by atoms with van der Waals surface area (Å²) in [7, 11) is 0. The third-order valence-corrected chi connectivity index (χ3v) is 4.31. The minimum absolute atomic E-state index is 0.232. The van der Waals surface area contributed by atoms with Crippen LogP contribution in [0.1, 0.15) is 18.9 Å². The number of carbonyl (C=O) groups excluding carboxylic acids is 1. The fourth-order valence-corrected chi connectivity index (χ4v) is 2.92. The summed E-state index contributed by atoms with van der Waals surface area (Å²) in [6.45, 7) is 1.84. The molecule has 2 rings (SSSR count). The number of rotatable bonds is 8. The zero-order valence-corrected chi connectivity index (χ0v) is 14.0. The van der Waals surface area contributed by atoms with E-state index in [1.807, 2.05) is 30.3 Å². The molecule has 1 heterocycles. The number of carbonyl (C=O) groups is 3. The van der Waals surface area contributed by atoms with Gasteiger partial charge in [0.25, 0.3) is 5.91 Å². The number of nitrogens with two attached hydrogens (primary N) is 1. The topological polar surface area (TPSA) is 112 Å². The fourth-order valence-electron chi connectivity index (χ4n) is 2.92. The molecule has 7 nitrogen and oxygen atoms in total. The Morgan fingerprint density at radius 3 is 2.52 bits per heavy atom. The molecule has 4 N–H and O–H groups in total. The van der Waals surface area contributed by atoms with Crippen molar-refractivity contribution in [1.82, 2.24) is 4.90 Å². The molecule has 7 heteroatoms. The van der Waals surface area contributed by atoms with Crippen LogP contribution in [0.4, 0.5) is 0 Å². The number of aryl methyl sites for hydroxylation is 1. The van der Waals surface area contributed by atoms with E-state index in [1.54, 1.807) is 13.0 Å². The van der Waals surface area contributed by atoms with Crippen molar-refractivity contribution in [3.8, 4) is 0 Å². The van der Waals surface area contributed by atoms with Crippen LogP contribution >= 0.6 is 0 Å². The highest BCUT2D eigenvalue weighted by Gasteiger charge is 2.36. The molecule has 1 aliphatic rings. The second-order valence-corrected chi connectivity index (χ2v) is 6.15. The Kier molecular flexibility index (Phi) is 6.30. The van der Waals surface area contributed by atoms with E-state index in [0.29, 0.717) is 12.8 Å². The molecule has 0 bridgehead atoms. The van der Waals surface area contributed by atoms with Crippen molar-refractivity contribution >= 4 is 17.8 Å². The Morgan fingerprint density at radius 2 is 1.92 bits per heavy atom. The molecule has 3 atom stereocenters.